The topological polar surface area (TPSA) is 61.0 Å². The van der Waals surface area contributed by atoms with Crippen molar-refractivity contribution >= 4 is 5.91 Å². The van der Waals surface area contributed by atoms with Gasteiger partial charge in [0.25, 0.3) is 0 Å². The first kappa shape index (κ1) is 26.8. The number of halogens is 1. The number of nitrogens with one attached hydrogen (secondary N) is 2. The standard InChI is InChI=1S/C33H37FN4O/c1-22-16-23(2)18-27(17-22)33-32(24(3)20-36-14-10-25-8-12-35-13-9-25)28-21-38(15-11-30(28)37-33)31(39)19-26-6-4-5-7-29(26)34/h4-9,12-13,16-18,24,36-37H,10-11,14-15,19-21H2,1-3H3/t24-/m1/s1. The molecule has 0 saturated carbocycles. The number of carbonyl (C=O) groups excluding carboxylic acids is 1. The second-order valence-electron chi connectivity index (χ2n) is 10.8. The molecule has 1 amide bonds. The molecule has 0 fully saturated rings. The van der Waals surface area contributed by atoms with Crippen molar-refractivity contribution < 1.29 is 9.18 Å². The van der Waals surface area contributed by atoms with E-state index in [-0.39, 0.29) is 24.1 Å². The highest BCUT2D eigenvalue weighted by Crippen LogP contribution is 2.37. The fraction of sp³-hybridized carbons (Fsp3) is 0.333. The molecule has 2 aromatic carbocycles. The van der Waals surface area contributed by atoms with Gasteiger partial charge in [-0.3, -0.25) is 9.78 Å². The molecule has 2 aromatic heterocycles. The number of benzene rings is 2. The maximum Gasteiger partial charge on any atom is 0.227 e. The molecule has 0 bridgehead atoms. The summed E-state index contributed by atoms with van der Waals surface area (Å²) in [5, 5.41) is 3.65. The van der Waals surface area contributed by atoms with Crippen LogP contribution in [-0.4, -0.2) is 40.4 Å². The second kappa shape index (κ2) is 12.0. The Bertz CT molecular complexity index is 1430. The number of rotatable bonds is 9. The summed E-state index contributed by atoms with van der Waals surface area (Å²) in [7, 11) is 0. The van der Waals surface area contributed by atoms with E-state index in [2.05, 4.69) is 66.4 Å². The fourth-order valence-electron chi connectivity index (χ4n) is 5.74. The van der Waals surface area contributed by atoms with Crippen LogP contribution in [0.1, 0.15) is 51.9 Å². The quantitative estimate of drug-likeness (QED) is 0.268. The van der Waals surface area contributed by atoms with Gasteiger partial charge in [0.2, 0.25) is 5.91 Å². The Morgan fingerprint density at radius 1 is 1.10 bits per heavy atom. The zero-order valence-electron chi connectivity index (χ0n) is 23.1. The van der Waals surface area contributed by atoms with Crippen LogP contribution in [0.2, 0.25) is 0 Å². The van der Waals surface area contributed by atoms with Crippen molar-refractivity contribution in [3.8, 4) is 11.3 Å². The molecule has 3 heterocycles. The summed E-state index contributed by atoms with van der Waals surface area (Å²) >= 11 is 0. The van der Waals surface area contributed by atoms with Crippen molar-refractivity contribution in [3.05, 3.63) is 112 Å². The molecule has 0 saturated heterocycles. The molecule has 1 aliphatic rings. The van der Waals surface area contributed by atoms with Crippen molar-refractivity contribution in [2.45, 2.75) is 52.5 Å². The minimum Gasteiger partial charge on any atom is -0.358 e. The van der Waals surface area contributed by atoms with Crippen molar-refractivity contribution in [2.24, 2.45) is 0 Å². The van der Waals surface area contributed by atoms with Gasteiger partial charge in [-0.25, -0.2) is 4.39 Å². The van der Waals surface area contributed by atoms with Crippen LogP contribution in [0.5, 0.6) is 0 Å². The lowest BCUT2D eigenvalue weighted by Crippen LogP contribution is -2.37. The predicted octanol–water partition coefficient (Wildman–Crippen LogP) is 5.90. The molecule has 1 atom stereocenters. The molecule has 4 aromatic rings. The van der Waals surface area contributed by atoms with E-state index in [4.69, 9.17) is 0 Å². The zero-order valence-corrected chi connectivity index (χ0v) is 23.1. The van der Waals surface area contributed by atoms with Gasteiger partial charge in [0.15, 0.2) is 0 Å². The average molecular weight is 525 g/mol. The van der Waals surface area contributed by atoms with E-state index < -0.39 is 0 Å². The number of amides is 1. The monoisotopic (exact) mass is 524 g/mol. The van der Waals surface area contributed by atoms with Crippen LogP contribution >= 0.6 is 0 Å². The van der Waals surface area contributed by atoms with Gasteiger partial charge in [0, 0.05) is 49.8 Å². The van der Waals surface area contributed by atoms with Crippen molar-refractivity contribution in [3.63, 3.8) is 0 Å². The van der Waals surface area contributed by atoms with Crippen molar-refractivity contribution in [1.82, 2.24) is 20.2 Å². The first-order valence-corrected chi connectivity index (χ1v) is 13.8. The molecule has 2 N–H and O–H groups in total. The Morgan fingerprint density at radius 2 is 1.85 bits per heavy atom. The summed E-state index contributed by atoms with van der Waals surface area (Å²) in [4.78, 5) is 23.0. The van der Waals surface area contributed by atoms with Crippen LogP contribution in [0.25, 0.3) is 11.3 Å². The molecule has 0 aliphatic carbocycles. The lowest BCUT2D eigenvalue weighted by Gasteiger charge is -2.29. The highest BCUT2D eigenvalue weighted by atomic mass is 19.1. The van der Waals surface area contributed by atoms with Gasteiger partial charge < -0.3 is 15.2 Å². The fourth-order valence-corrected chi connectivity index (χ4v) is 5.74. The summed E-state index contributed by atoms with van der Waals surface area (Å²) in [6.07, 6.45) is 5.46. The number of pyridine rings is 1. The first-order valence-electron chi connectivity index (χ1n) is 13.8. The minimum absolute atomic E-state index is 0.0334. The molecule has 5 nitrogen and oxygen atoms in total. The molecular weight excluding hydrogens is 487 g/mol. The summed E-state index contributed by atoms with van der Waals surface area (Å²) in [5.74, 6) is -0.122. The van der Waals surface area contributed by atoms with Gasteiger partial charge in [-0.2, -0.15) is 0 Å². The Morgan fingerprint density at radius 3 is 2.59 bits per heavy atom. The molecule has 39 heavy (non-hydrogen) atoms. The van der Waals surface area contributed by atoms with Gasteiger partial charge in [-0.1, -0.05) is 42.3 Å². The zero-order chi connectivity index (χ0) is 27.4. The number of aromatic nitrogens is 2. The maximum atomic E-state index is 14.3. The molecule has 6 heteroatoms. The minimum atomic E-state index is -0.325. The molecular formula is C33H37FN4O. The molecule has 0 spiro atoms. The molecule has 0 radical (unpaired) electrons. The highest BCUT2D eigenvalue weighted by Gasteiger charge is 2.29. The Balaban J connectivity index is 1.39. The van der Waals surface area contributed by atoms with E-state index in [1.54, 1.807) is 18.2 Å². The van der Waals surface area contributed by atoms with Crippen LogP contribution in [0.4, 0.5) is 4.39 Å². The summed E-state index contributed by atoms with van der Waals surface area (Å²) < 4.78 is 14.3. The molecule has 0 unspecified atom stereocenters. The number of aryl methyl sites for hydroxylation is 2. The highest BCUT2D eigenvalue weighted by molar-refractivity contribution is 5.79. The second-order valence-corrected chi connectivity index (χ2v) is 10.8. The van der Waals surface area contributed by atoms with Gasteiger partial charge in [-0.15, -0.1) is 0 Å². The van der Waals surface area contributed by atoms with Gasteiger partial charge in [-0.05, 0) is 90.9 Å². The Labute approximate surface area is 230 Å². The molecule has 1 aliphatic heterocycles. The number of nitrogens with zero attached hydrogens (tertiary/aromatic N) is 2. The van der Waals surface area contributed by atoms with Gasteiger partial charge >= 0.3 is 0 Å². The first-order chi connectivity index (χ1) is 18.9. The van der Waals surface area contributed by atoms with E-state index in [1.165, 1.54) is 45.1 Å². The van der Waals surface area contributed by atoms with Gasteiger partial charge in [0.1, 0.15) is 5.82 Å². The van der Waals surface area contributed by atoms with Crippen molar-refractivity contribution in [1.29, 1.82) is 0 Å². The Kier molecular flexibility index (Phi) is 8.22. The number of H-pyrrole nitrogens is 1. The van der Waals surface area contributed by atoms with Gasteiger partial charge in [0.05, 0.1) is 6.42 Å². The lowest BCUT2D eigenvalue weighted by molar-refractivity contribution is -0.131. The van der Waals surface area contributed by atoms with E-state index in [1.807, 2.05) is 17.3 Å². The lowest BCUT2D eigenvalue weighted by atomic mass is 9.90. The van der Waals surface area contributed by atoms with Crippen LogP contribution in [-0.2, 0) is 30.6 Å². The normalized spacial score (nSPS) is 13.8. The number of fused-ring (bicyclic) bond motifs is 1. The largest absolute Gasteiger partial charge is 0.358 e. The number of aromatic amines is 1. The smallest absolute Gasteiger partial charge is 0.227 e. The summed E-state index contributed by atoms with van der Waals surface area (Å²) in [5.41, 5.74) is 10.2. The van der Waals surface area contributed by atoms with Crippen LogP contribution in [0.3, 0.4) is 0 Å². The number of hydrogen-bond acceptors (Lipinski definition) is 3. The predicted molar refractivity (Wildman–Crippen MR) is 154 cm³/mol. The molecule has 202 valence electrons. The maximum absolute atomic E-state index is 14.3. The van der Waals surface area contributed by atoms with E-state index >= 15 is 0 Å². The average Bonchev–Trinajstić information content (AvgIpc) is 3.31. The van der Waals surface area contributed by atoms with Crippen LogP contribution in [0, 0.1) is 19.7 Å². The molecule has 5 rings (SSSR count). The summed E-state index contributed by atoms with van der Waals surface area (Å²) in [6, 6.07) is 17.3. The third-order valence-electron chi connectivity index (χ3n) is 7.66. The third kappa shape index (κ3) is 6.28. The number of carbonyl (C=O) groups is 1. The Hall–Kier alpha value is -3.77. The van der Waals surface area contributed by atoms with E-state index in [9.17, 15) is 9.18 Å². The van der Waals surface area contributed by atoms with Crippen molar-refractivity contribution in [2.75, 3.05) is 19.6 Å². The summed E-state index contributed by atoms with van der Waals surface area (Å²) in [6.45, 7) is 9.41. The SMILES string of the molecule is Cc1cc(C)cc(-c2[nH]c3c(c2[C@H](C)CNCCc2ccncc2)CN(C(=O)Cc2ccccc2F)CC3)c1. The number of hydrogen-bond donors (Lipinski definition) is 2. The van der Waals surface area contributed by atoms with Crippen LogP contribution in [0.15, 0.2) is 67.0 Å². The third-order valence-corrected chi connectivity index (χ3v) is 7.66. The van der Waals surface area contributed by atoms with E-state index in [0.29, 0.717) is 18.7 Å². The van der Waals surface area contributed by atoms with E-state index in [0.717, 1.165) is 31.6 Å². The van der Waals surface area contributed by atoms with Crippen LogP contribution < -0.4 is 5.32 Å².